The number of nitro groups is 1. The maximum Gasteiger partial charge on any atom is 0.269 e. The van der Waals surface area contributed by atoms with Gasteiger partial charge in [0.05, 0.1) is 4.92 Å². The maximum atomic E-state index is 10.5. The van der Waals surface area contributed by atoms with Gasteiger partial charge in [0.1, 0.15) is 0 Å². The Morgan fingerprint density at radius 3 is 2.62 bits per heavy atom. The van der Waals surface area contributed by atoms with Crippen LogP contribution in [0, 0.1) is 10.1 Å². The molecule has 0 saturated carbocycles. The van der Waals surface area contributed by atoms with Gasteiger partial charge in [0, 0.05) is 17.0 Å². The smallest absolute Gasteiger partial charge is 0.258 e. The Hall–Kier alpha value is -0.940. The van der Waals surface area contributed by atoms with Crippen molar-refractivity contribution in [1.29, 1.82) is 0 Å². The van der Waals surface area contributed by atoms with Gasteiger partial charge in [-0.25, -0.2) is 0 Å². The van der Waals surface area contributed by atoms with Gasteiger partial charge in [-0.1, -0.05) is 0 Å². The van der Waals surface area contributed by atoms with Gasteiger partial charge in [-0.3, -0.25) is 10.1 Å². The van der Waals surface area contributed by atoms with Gasteiger partial charge in [-0.05, 0) is 41.0 Å². The molecule has 1 heterocycles. The van der Waals surface area contributed by atoms with Gasteiger partial charge in [0.25, 0.3) is 5.69 Å². The molecule has 0 fully saturated rings. The molecular formula is C11H11NO2S2. The third-order valence-corrected chi connectivity index (χ3v) is 4.45. The minimum absolute atomic E-state index is 0.149. The summed E-state index contributed by atoms with van der Waals surface area (Å²) in [4.78, 5) is 11.4. The van der Waals surface area contributed by atoms with Crippen molar-refractivity contribution >= 4 is 34.1 Å². The molecule has 0 spiro atoms. The third kappa shape index (κ3) is 2.80. The standard InChI is InChI=1S/C11H11NO2S2/c13-12(14)10-4-2-9(3-5-10)11-8-15-6-1-7-16-11/h2-5,8H,1,6-7H2. The molecule has 2 rings (SSSR count). The highest BCUT2D eigenvalue weighted by atomic mass is 32.2. The summed E-state index contributed by atoms with van der Waals surface area (Å²) < 4.78 is 0. The zero-order valence-electron chi connectivity index (χ0n) is 8.59. The summed E-state index contributed by atoms with van der Waals surface area (Å²) in [7, 11) is 0. The second kappa shape index (κ2) is 5.41. The van der Waals surface area contributed by atoms with E-state index in [-0.39, 0.29) is 10.6 Å². The Kier molecular flexibility index (Phi) is 3.90. The van der Waals surface area contributed by atoms with Crippen LogP contribution in [0.15, 0.2) is 29.7 Å². The van der Waals surface area contributed by atoms with Crippen LogP contribution in [-0.4, -0.2) is 16.4 Å². The van der Waals surface area contributed by atoms with Crippen LogP contribution in [0.25, 0.3) is 4.91 Å². The van der Waals surface area contributed by atoms with Crippen molar-refractivity contribution in [1.82, 2.24) is 0 Å². The quantitative estimate of drug-likeness (QED) is 0.594. The molecule has 0 aromatic heterocycles. The molecule has 1 aliphatic heterocycles. The molecular weight excluding hydrogens is 242 g/mol. The van der Waals surface area contributed by atoms with Crippen molar-refractivity contribution in [2.45, 2.75) is 6.42 Å². The summed E-state index contributed by atoms with van der Waals surface area (Å²) in [6.07, 6.45) is 1.21. The molecule has 1 aromatic rings. The zero-order chi connectivity index (χ0) is 11.4. The summed E-state index contributed by atoms with van der Waals surface area (Å²) in [5.74, 6) is 2.28. The molecule has 0 bridgehead atoms. The topological polar surface area (TPSA) is 43.1 Å². The monoisotopic (exact) mass is 253 g/mol. The number of benzene rings is 1. The van der Waals surface area contributed by atoms with Gasteiger partial charge in [0.2, 0.25) is 0 Å². The average Bonchev–Trinajstić information content (AvgIpc) is 2.57. The van der Waals surface area contributed by atoms with Crippen molar-refractivity contribution in [3.8, 4) is 0 Å². The van der Waals surface area contributed by atoms with E-state index in [1.807, 2.05) is 35.7 Å². The van der Waals surface area contributed by atoms with Crippen LogP contribution < -0.4 is 0 Å². The number of rotatable bonds is 2. The SMILES string of the molecule is O=[N+]([O-])c1ccc(C2=CSCCCS2)cc1. The Balaban J connectivity index is 2.20. The number of nitro benzene ring substituents is 1. The highest BCUT2D eigenvalue weighted by Crippen LogP contribution is 2.34. The van der Waals surface area contributed by atoms with E-state index in [2.05, 4.69) is 5.41 Å². The Labute approximate surface area is 102 Å². The first-order chi connectivity index (χ1) is 7.77. The number of nitrogens with zero attached hydrogens (tertiary/aromatic N) is 1. The highest BCUT2D eigenvalue weighted by molar-refractivity contribution is 8.10. The fourth-order valence-electron chi connectivity index (χ4n) is 1.39. The van der Waals surface area contributed by atoms with Gasteiger partial charge in [-0.2, -0.15) is 0 Å². The molecule has 1 aliphatic rings. The molecule has 84 valence electrons. The Bertz CT molecular complexity index is 414. The normalized spacial score (nSPS) is 16.4. The van der Waals surface area contributed by atoms with Gasteiger partial charge < -0.3 is 0 Å². The van der Waals surface area contributed by atoms with Crippen LogP contribution in [0.4, 0.5) is 5.69 Å². The molecule has 0 amide bonds. The summed E-state index contributed by atoms with van der Waals surface area (Å²) in [6.45, 7) is 0. The molecule has 0 radical (unpaired) electrons. The molecule has 0 N–H and O–H groups in total. The predicted molar refractivity (Wildman–Crippen MR) is 70.6 cm³/mol. The molecule has 0 atom stereocenters. The van der Waals surface area contributed by atoms with Crippen LogP contribution in [-0.2, 0) is 0 Å². The maximum absolute atomic E-state index is 10.5. The molecule has 3 nitrogen and oxygen atoms in total. The number of non-ortho nitro benzene ring substituents is 1. The highest BCUT2D eigenvalue weighted by Gasteiger charge is 2.09. The molecule has 0 saturated heterocycles. The molecule has 0 unspecified atom stereocenters. The first-order valence-corrected chi connectivity index (χ1v) is 7.00. The van der Waals surface area contributed by atoms with E-state index < -0.39 is 0 Å². The van der Waals surface area contributed by atoms with Crippen molar-refractivity contribution < 1.29 is 4.92 Å². The van der Waals surface area contributed by atoms with Crippen LogP contribution in [0.1, 0.15) is 12.0 Å². The largest absolute Gasteiger partial charge is 0.269 e. The first kappa shape index (κ1) is 11.5. The van der Waals surface area contributed by atoms with E-state index >= 15 is 0 Å². The Morgan fingerprint density at radius 2 is 1.94 bits per heavy atom. The number of hydrogen-bond donors (Lipinski definition) is 0. The summed E-state index contributed by atoms with van der Waals surface area (Å²) in [6, 6.07) is 6.77. The van der Waals surface area contributed by atoms with Crippen molar-refractivity contribution in [3.63, 3.8) is 0 Å². The second-order valence-corrected chi connectivity index (χ2v) is 5.47. The lowest BCUT2D eigenvalue weighted by atomic mass is 10.2. The fraction of sp³-hybridized carbons (Fsp3) is 0.273. The summed E-state index contributed by atoms with van der Waals surface area (Å²) in [5, 5.41) is 12.7. The average molecular weight is 253 g/mol. The van der Waals surface area contributed by atoms with E-state index in [0.717, 1.165) is 17.1 Å². The van der Waals surface area contributed by atoms with Gasteiger partial charge >= 0.3 is 0 Å². The van der Waals surface area contributed by atoms with Crippen molar-refractivity contribution in [2.24, 2.45) is 0 Å². The first-order valence-electron chi connectivity index (χ1n) is 4.97. The summed E-state index contributed by atoms with van der Waals surface area (Å²) >= 11 is 3.63. The van der Waals surface area contributed by atoms with Crippen LogP contribution >= 0.6 is 23.5 Å². The lowest BCUT2D eigenvalue weighted by Crippen LogP contribution is -1.88. The summed E-state index contributed by atoms with van der Waals surface area (Å²) in [5.41, 5.74) is 1.22. The zero-order valence-corrected chi connectivity index (χ0v) is 10.2. The van der Waals surface area contributed by atoms with Crippen molar-refractivity contribution in [3.05, 3.63) is 45.4 Å². The third-order valence-electron chi connectivity index (χ3n) is 2.22. The number of hydrogen-bond acceptors (Lipinski definition) is 4. The van der Waals surface area contributed by atoms with Gasteiger partial charge in [0.15, 0.2) is 0 Å². The Morgan fingerprint density at radius 1 is 1.19 bits per heavy atom. The van der Waals surface area contributed by atoms with Crippen LogP contribution in [0.3, 0.4) is 0 Å². The van der Waals surface area contributed by atoms with E-state index in [0.29, 0.717) is 0 Å². The minimum Gasteiger partial charge on any atom is -0.258 e. The number of thioether (sulfide) groups is 2. The van der Waals surface area contributed by atoms with E-state index in [1.54, 1.807) is 12.1 Å². The molecule has 1 aromatic carbocycles. The minimum atomic E-state index is -0.368. The predicted octanol–water partition coefficient (Wildman–Crippen LogP) is 3.76. The molecule has 16 heavy (non-hydrogen) atoms. The molecule has 5 heteroatoms. The molecule has 0 aliphatic carbocycles. The van der Waals surface area contributed by atoms with Gasteiger partial charge in [-0.15, -0.1) is 23.5 Å². The van der Waals surface area contributed by atoms with Crippen LogP contribution in [0.5, 0.6) is 0 Å². The fourth-order valence-corrected chi connectivity index (χ4v) is 3.58. The lowest BCUT2D eigenvalue weighted by Gasteiger charge is -2.03. The van der Waals surface area contributed by atoms with E-state index in [4.69, 9.17) is 0 Å². The van der Waals surface area contributed by atoms with E-state index in [1.165, 1.54) is 11.3 Å². The van der Waals surface area contributed by atoms with Crippen LogP contribution in [0.2, 0.25) is 0 Å². The lowest BCUT2D eigenvalue weighted by molar-refractivity contribution is -0.384. The van der Waals surface area contributed by atoms with Crippen molar-refractivity contribution in [2.75, 3.05) is 11.5 Å². The second-order valence-electron chi connectivity index (χ2n) is 3.36. The van der Waals surface area contributed by atoms with E-state index in [9.17, 15) is 10.1 Å².